The molecule has 0 aromatic heterocycles. The lowest BCUT2D eigenvalue weighted by molar-refractivity contribution is -0.870. The second kappa shape index (κ2) is 31.4. The first-order valence-corrected chi connectivity index (χ1v) is 20.5. The van der Waals surface area contributed by atoms with E-state index in [9.17, 15) is 19.4 Å². The number of aliphatic hydroxyl groups excluding tert-OH is 1. The normalized spacial score (nSPS) is 15.2. The van der Waals surface area contributed by atoms with Crippen molar-refractivity contribution in [3.8, 4) is 0 Å². The summed E-state index contributed by atoms with van der Waals surface area (Å²) in [7, 11) is 1.53. The van der Waals surface area contributed by atoms with Crippen LogP contribution in [-0.2, 0) is 18.4 Å². The minimum Gasteiger partial charge on any atom is -0.387 e. The Bertz CT molecular complexity index is 928. The van der Waals surface area contributed by atoms with Crippen LogP contribution in [0.3, 0.4) is 0 Å². The molecule has 0 aromatic carbocycles. The van der Waals surface area contributed by atoms with E-state index in [2.05, 4.69) is 55.6 Å². The van der Waals surface area contributed by atoms with E-state index in [1.807, 2.05) is 27.2 Å². The van der Waals surface area contributed by atoms with Crippen LogP contribution in [0.5, 0.6) is 0 Å². The molecule has 0 saturated carbocycles. The largest absolute Gasteiger partial charge is 0.472 e. The summed E-state index contributed by atoms with van der Waals surface area (Å²) in [5.74, 6) is -0.206. The fourth-order valence-corrected chi connectivity index (χ4v) is 5.61. The number of rotatable bonds is 33. The molecule has 0 spiro atoms. The maximum Gasteiger partial charge on any atom is 0.472 e. The number of likely N-dealkylation sites (N-methyl/N-ethyl adjacent to an activating group) is 1. The van der Waals surface area contributed by atoms with Gasteiger partial charge >= 0.3 is 7.82 Å². The summed E-state index contributed by atoms with van der Waals surface area (Å²) in [6.07, 6.45) is 37.5. The van der Waals surface area contributed by atoms with Gasteiger partial charge in [0.05, 0.1) is 39.9 Å². The predicted molar refractivity (Wildman–Crippen MR) is 203 cm³/mol. The third-order valence-corrected chi connectivity index (χ3v) is 8.98. The van der Waals surface area contributed by atoms with Gasteiger partial charge in [0, 0.05) is 6.42 Å². The topological polar surface area (TPSA) is 105 Å². The molecule has 1 amide bonds. The van der Waals surface area contributed by atoms with Crippen molar-refractivity contribution in [1.29, 1.82) is 0 Å². The smallest absolute Gasteiger partial charge is 0.387 e. The molecule has 9 heteroatoms. The number of allylic oxidation sites excluding steroid dienone is 7. The molecule has 0 aliphatic heterocycles. The van der Waals surface area contributed by atoms with Gasteiger partial charge in [-0.25, -0.2) is 4.57 Å². The van der Waals surface area contributed by atoms with Crippen molar-refractivity contribution in [2.24, 2.45) is 0 Å². The maximum absolute atomic E-state index is 12.7. The first-order valence-electron chi connectivity index (χ1n) is 19.0. The Labute approximate surface area is 295 Å². The number of nitrogens with one attached hydrogen (secondary N) is 1. The summed E-state index contributed by atoms with van der Waals surface area (Å²) >= 11 is 0. The molecule has 0 heterocycles. The third kappa shape index (κ3) is 33.0. The van der Waals surface area contributed by atoms with E-state index in [0.717, 1.165) is 70.6 Å². The van der Waals surface area contributed by atoms with Gasteiger partial charge in [0.2, 0.25) is 5.91 Å². The second-order valence-corrected chi connectivity index (χ2v) is 15.4. The number of carbonyl (C=O) groups is 1. The highest BCUT2D eigenvalue weighted by atomic mass is 31.2. The van der Waals surface area contributed by atoms with E-state index in [1.54, 1.807) is 6.08 Å². The number of unbranched alkanes of at least 4 members (excludes halogenated alkanes) is 14. The number of quaternary nitrogens is 1. The van der Waals surface area contributed by atoms with Gasteiger partial charge in [-0.1, -0.05) is 120 Å². The molecule has 0 radical (unpaired) electrons. The molecule has 280 valence electrons. The molecular weight excluding hydrogens is 623 g/mol. The first kappa shape index (κ1) is 46.5. The van der Waals surface area contributed by atoms with Crippen molar-refractivity contribution < 1.29 is 32.9 Å². The Balaban J connectivity index is 4.66. The van der Waals surface area contributed by atoms with E-state index in [1.165, 1.54) is 51.4 Å². The van der Waals surface area contributed by atoms with E-state index in [0.29, 0.717) is 17.4 Å². The molecule has 0 saturated heterocycles. The molecule has 3 unspecified atom stereocenters. The van der Waals surface area contributed by atoms with Gasteiger partial charge in [0.25, 0.3) is 0 Å². The fraction of sp³-hybridized carbons (Fsp3) is 0.769. The molecule has 3 N–H and O–H groups in total. The summed E-state index contributed by atoms with van der Waals surface area (Å²) in [4.78, 5) is 22.9. The van der Waals surface area contributed by atoms with Crippen LogP contribution in [0.2, 0.25) is 0 Å². The quantitative estimate of drug-likeness (QED) is 0.0273. The maximum atomic E-state index is 12.7. The number of amides is 1. The zero-order chi connectivity index (χ0) is 35.8. The van der Waals surface area contributed by atoms with Gasteiger partial charge in [-0.05, 0) is 64.2 Å². The Morgan fingerprint density at radius 3 is 1.73 bits per heavy atom. The number of carbonyl (C=O) groups excluding carboxylic acids is 1. The number of hydrogen-bond acceptors (Lipinski definition) is 5. The molecule has 0 aromatic rings. The highest BCUT2D eigenvalue weighted by molar-refractivity contribution is 7.47. The Hall–Kier alpha value is -1.54. The van der Waals surface area contributed by atoms with Crippen molar-refractivity contribution in [3.63, 3.8) is 0 Å². The molecule has 0 aliphatic carbocycles. The lowest BCUT2D eigenvalue weighted by Crippen LogP contribution is -2.45. The van der Waals surface area contributed by atoms with Crippen molar-refractivity contribution in [2.45, 2.75) is 154 Å². The van der Waals surface area contributed by atoms with E-state index in [4.69, 9.17) is 9.05 Å². The van der Waals surface area contributed by atoms with Crippen LogP contribution in [0.25, 0.3) is 0 Å². The van der Waals surface area contributed by atoms with Crippen molar-refractivity contribution in [3.05, 3.63) is 48.6 Å². The van der Waals surface area contributed by atoms with Crippen LogP contribution in [0.15, 0.2) is 48.6 Å². The lowest BCUT2D eigenvalue weighted by Gasteiger charge is -2.25. The molecule has 48 heavy (non-hydrogen) atoms. The number of hydrogen-bond donors (Lipinski definition) is 3. The molecule has 3 atom stereocenters. The molecule has 8 nitrogen and oxygen atoms in total. The zero-order valence-corrected chi connectivity index (χ0v) is 32.4. The summed E-state index contributed by atoms with van der Waals surface area (Å²) < 4.78 is 23.4. The van der Waals surface area contributed by atoms with E-state index >= 15 is 0 Å². The van der Waals surface area contributed by atoms with Crippen molar-refractivity contribution in [1.82, 2.24) is 5.32 Å². The first-order chi connectivity index (χ1) is 23.0. The highest BCUT2D eigenvalue weighted by Crippen LogP contribution is 2.43. The van der Waals surface area contributed by atoms with Crippen LogP contribution in [0.1, 0.15) is 142 Å². The molecule has 0 rings (SSSR count). The van der Waals surface area contributed by atoms with Gasteiger partial charge in [-0.15, -0.1) is 0 Å². The number of nitrogens with zero attached hydrogens (tertiary/aromatic N) is 1. The molecule has 0 bridgehead atoms. The van der Waals surface area contributed by atoms with Crippen molar-refractivity contribution in [2.75, 3.05) is 40.9 Å². The number of phosphoric ester groups is 1. The molecule has 0 fully saturated rings. The number of phosphoric acid groups is 1. The van der Waals surface area contributed by atoms with Gasteiger partial charge in [0.1, 0.15) is 13.2 Å². The average molecular weight is 698 g/mol. The fourth-order valence-electron chi connectivity index (χ4n) is 4.87. The van der Waals surface area contributed by atoms with Gasteiger partial charge in [-0.3, -0.25) is 13.8 Å². The zero-order valence-electron chi connectivity index (χ0n) is 31.5. The van der Waals surface area contributed by atoms with Crippen LogP contribution in [0, 0.1) is 0 Å². The summed E-state index contributed by atoms with van der Waals surface area (Å²) in [5, 5.41) is 13.7. The monoisotopic (exact) mass is 698 g/mol. The Kier molecular flexibility index (Phi) is 30.4. The highest BCUT2D eigenvalue weighted by Gasteiger charge is 2.27. The van der Waals surface area contributed by atoms with E-state index in [-0.39, 0.29) is 19.1 Å². The van der Waals surface area contributed by atoms with Gasteiger partial charge in [0.15, 0.2) is 0 Å². The van der Waals surface area contributed by atoms with Crippen LogP contribution in [0.4, 0.5) is 0 Å². The second-order valence-electron chi connectivity index (χ2n) is 13.9. The minimum absolute atomic E-state index is 0.0504. The van der Waals surface area contributed by atoms with E-state index < -0.39 is 20.0 Å². The summed E-state index contributed by atoms with van der Waals surface area (Å²) in [5.41, 5.74) is 0. The van der Waals surface area contributed by atoms with Crippen LogP contribution >= 0.6 is 7.82 Å². The number of aliphatic hydroxyl groups is 1. The summed E-state index contributed by atoms with van der Waals surface area (Å²) in [6.45, 7) is 4.69. The molecular formula is C39H74N2O6P+. The SMILES string of the molecule is CCCC/C=C\CCCCCCCC(=O)NC(COP(=O)(O)OCC[N+](C)(C)C)C(O)/C=C/CC/C=C/CC/C=C/CCCCCCC. The predicted octanol–water partition coefficient (Wildman–Crippen LogP) is 9.74. The molecule has 0 aliphatic rings. The minimum atomic E-state index is -4.34. The summed E-state index contributed by atoms with van der Waals surface area (Å²) in [6, 6.07) is -0.871. The van der Waals surface area contributed by atoms with Crippen molar-refractivity contribution >= 4 is 13.7 Å². The average Bonchev–Trinajstić information content (AvgIpc) is 3.02. The lowest BCUT2D eigenvalue weighted by atomic mass is 10.1. The third-order valence-electron chi connectivity index (χ3n) is 8.00. The van der Waals surface area contributed by atoms with Crippen LogP contribution in [-0.4, -0.2) is 73.4 Å². The van der Waals surface area contributed by atoms with Gasteiger partial charge in [-0.2, -0.15) is 0 Å². The van der Waals surface area contributed by atoms with Crippen LogP contribution < -0.4 is 5.32 Å². The Morgan fingerprint density at radius 1 is 0.688 bits per heavy atom. The van der Waals surface area contributed by atoms with Gasteiger partial charge < -0.3 is 19.8 Å². The standard InChI is InChI=1S/C39H73N2O6P/c1-6-8-10-12-14-16-18-19-20-21-23-24-26-28-30-32-38(42)37(36-47-48(44,45)46-35-34-41(3,4)5)40-39(43)33-31-29-27-25-22-17-15-13-11-9-7-2/h13,15,18-19,23-24,30,32,37-38,42H,6-12,14,16-17,20-22,25-29,31,33-36H2,1-5H3,(H-,40,43,44,45)/p+1/b15-13-,19-18+,24-23+,32-30+. The Morgan fingerprint density at radius 2 is 1.17 bits per heavy atom.